The van der Waals surface area contributed by atoms with Gasteiger partial charge in [0.15, 0.2) is 11.2 Å². The van der Waals surface area contributed by atoms with E-state index in [1.54, 1.807) is 30.3 Å². The first-order chi connectivity index (χ1) is 16.1. The Balaban J connectivity index is 1.62. The van der Waals surface area contributed by atoms with E-state index in [0.29, 0.717) is 56.2 Å². The van der Waals surface area contributed by atoms with Crippen LogP contribution in [0.25, 0.3) is 56.2 Å². The molecule has 1 aliphatic rings. The molecule has 6 aromatic rings. The summed E-state index contributed by atoms with van der Waals surface area (Å²) in [5.74, 6) is 0.690. The SMILES string of the molecule is O=S1(=O)c2ccccc2-c2c1ccc(-c1nc3ccccc3o1)c2-c1nc2ccccc2o1. The molecule has 7 heteroatoms. The summed E-state index contributed by atoms with van der Waals surface area (Å²) in [7, 11) is -3.67. The second-order valence-corrected chi connectivity index (χ2v) is 9.72. The second-order valence-electron chi connectivity index (χ2n) is 7.83. The average Bonchev–Trinajstić information content (AvgIpc) is 3.52. The van der Waals surface area contributed by atoms with E-state index in [9.17, 15) is 8.42 Å². The van der Waals surface area contributed by atoms with Crippen LogP contribution in [0.15, 0.2) is 104 Å². The molecule has 0 spiro atoms. The van der Waals surface area contributed by atoms with Gasteiger partial charge >= 0.3 is 0 Å². The Morgan fingerprint density at radius 1 is 0.545 bits per heavy atom. The Kier molecular flexibility index (Phi) is 3.56. The molecule has 0 unspecified atom stereocenters. The normalized spacial score (nSPS) is 13.9. The number of fused-ring (bicyclic) bond motifs is 5. The molecule has 6 nitrogen and oxygen atoms in total. The molecule has 4 aromatic carbocycles. The standard InChI is InChI=1S/C26H14N2O4S/c29-33(30)21-12-6-1-7-15(21)23-22(33)14-13-16(25-27-17-8-2-4-10-19(17)31-25)24(23)26-28-18-9-3-5-11-20(18)32-26/h1-14H. The van der Waals surface area contributed by atoms with Crippen molar-refractivity contribution in [3.05, 3.63) is 84.9 Å². The summed E-state index contributed by atoms with van der Waals surface area (Å²) in [5, 5.41) is 0. The maximum Gasteiger partial charge on any atom is 0.228 e. The van der Waals surface area contributed by atoms with Crippen molar-refractivity contribution in [1.29, 1.82) is 0 Å². The fraction of sp³-hybridized carbons (Fsp3) is 0. The van der Waals surface area contributed by atoms with E-state index < -0.39 is 9.84 Å². The smallest absolute Gasteiger partial charge is 0.228 e. The quantitative estimate of drug-likeness (QED) is 0.316. The number of rotatable bonds is 2. The molecular formula is C26H14N2O4S. The Morgan fingerprint density at radius 2 is 1.15 bits per heavy atom. The van der Waals surface area contributed by atoms with Crippen LogP contribution >= 0.6 is 0 Å². The molecule has 0 amide bonds. The van der Waals surface area contributed by atoms with Crippen molar-refractivity contribution in [2.45, 2.75) is 9.79 Å². The summed E-state index contributed by atoms with van der Waals surface area (Å²) in [5.41, 5.74) is 4.98. The van der Waals surface area contributed by atoms with Crippen molar-refractivity contribution in [1.82, 2.24) is 9.97 Å². The highest BCUT2D eigenvalue weighted by atomic mass is 32.2. The van der Waals surface area contributed by atoms with Gasteiger partial charge in [-0.15, -0.1) is 0 Å². The van der Waals surface area contributed by atoms with Crippen molar-refractivity contribution in [2.75, 3.05) is 0 Å². The predicted molar refractivity (Wildman–Crippen MR) is 123 cm³/mol. The molecule has 0 aliphatic carbocycles. The molecule has 0 bridgehead atoms. The topological polar surface area (TPSA) is 86.2 Å². The molecule has 33 heavy (non-hydrogen) atoms. The van der Waals surface area contributed by atoms with Crippen molar-refractivity contribution >= 4 is 32.0 Å². The molecule has 0 atom stereocenters. The Morgan fingerprint density at radius 3 is 1.88 bits per heavy atom. The van der Waals surface area contributed by atoms with Crippen LogP contribution in [0.1, 0.15) is 0 Å². The monoisotopic (exact) mass is 450 g/mol. The van der Waals surface area contributed by atoms with E-state index >= 15 is 0 Å². The van der Waals surface area contributed by atoms with Gasteiger partial charge in [-0.25, -0.2) is 18.4 Å². The zero-order chi connectivity index (χ0) is 22.2. The summed E-state index contributed by atoms with van der Waals surface area (Å²) in [6.45, 7) is 0. The molecule has 0 N–H and O–H groups in total. The highest BCUT2D eigenvalue weighted by Gasteiger charge is 2.37. The van der Waals surface area contributed by atoms with E-state index in [0.717, 1.165) is 0 Å². The zero-order valence-corrected chi connectivity index (χ0v) is 17.8. The van der Waals surface area contributed by atoms with Crippen LogP contribution in [0.5, 0.6) is 0 Å². The first-order valence-electron chi connectivity index (χ1n) is 10.3. The lowest BCUT2D eigenvalue weighted by atomic mass is 9.95. The molecule has 158 valence electrons. The van der Waals surface area contributed by atoms with Gasteiger partial charge in [0.2, 0.25) is 21.6 Å². The fourth-order valence-corrected chi connectivity index (χ4v) is 6.15. The third-order valence-corrected chi connectivity index (χ3v) is 7.79. The number of hydrogen-bond donors (Lipinski definition) is 0. The molecule has 0 fully saturated rings. The summed E-state index contributed by atoms with van der Waals surface area (Å²) in [6.07, 6.45) is 0. The molecular weight excluding hydrogens is 436 g/mol. The molecule has 0 saturated heterocycles. The summed E-state index contributed by atoms with van der Waals surface area (Å²) in [4.78, 5) is 9.84. The van der Waals surface area contributed by atoms with Gasteiger partial charge in [-0.05, 0) is 42.5 Å². The summed E-state index contributed by atoms with van der Waals surface area (Å²) in [6, 6.07) is 25.2. The minimum Gasteiger partial charge on any atom is -0.436 e. The van der Waals surface area contributed by atoms with Gasteiger partial charge in [0, 0.05) is 11.1 Å². The Bertz CT molecular complexity index is 1780. The molecule has 1 aliphatic heterocycles. The number of nitrogens with zero attached hydrogens (tertiary/aromatic N) is 2. The van der Waals surface area contributed by atoms with E-state index in [1.165, 1.54) is 0 Å². The Labute approximate surface area is 188 Å². The highest BCUT2D eigenvalue weighted by Crippen LogP contribution is 2.51. The van der Waals surface area contributed by atoms with E-state index in [4.69, 9.17) is 13.8 Å². The van der Waals surface area contributed by atoms with E-state index in [2.05, 4.69) is 4.98 Å². The van der Waals surface area contributed by atoms with Crippen LogP contribution in [0.2, 0.25) is 0 Å². The fourth-order valence-electron chi connectivity index (χ4n) is 4.47. The van der Waals surface area contributed by atoms with Crippen LogP contribution < -0.4 is 0 Å². The van der Waals surface area contributed by atoms with Crippen LogP contribution in [0.3, 0.4) is 0 Å². The minimum atomic E-state index is -3.67. The van der Waals surface area contributed by atoms with Gasteiger partial charge in [0.1, 0.15) is 11.0 Å². The van der Waals surface area contributed by atoms with Crippen LogP contribution in [-0.2, 0) is 9.84 Å². The van der Waals surface area contributed by atoms with E-state index in [1.807, 2.05) is 54.6 Å². The number of aromatic nitrogens is 2. The average molecular weight is 450 g/mol. The lowest BCUT2D eigenvalue weighted by Crippen LogP contribution is -1.97. The van der Waals surface area contributed by atoms with E-state index in [-0.39, 0.29) is 9.79 Å². The molecule has 7 rings (SSSR count). The summed E-state index contributed by atoms with van der Waals surface area (Å²) >= 11 is 0. The number of para-hydroxylation sites is 4. The first-order valence-corrected chi connectivity index (χ1v) is 11.8. The predicted octanol–water partition coefficient (Wildman–Crippen LogP) is 6.12. The van der Waals surface area contributed by atoms with Crippen molar-refractivity contribution in [3.8, 4) is 34.0 Å². The third kappa shape index (κ3) is 2.51. The van der Waals surface area contributed by atoms with Gasteiger partial charge in [-0.3, -0.25) is 0 Å². The lowest BCUT2D eigenvalue weighted by molar-refractivity contribution is 0.598. The molecule has 3 heterocycles. The zero-order valence-electron chi connectivity index (χ0n) is 17.0. The second kappa shape index (κ2) is 6.40. The number of oxazole rings is 2. The lowest BCUT2D eigenvalue weighted by Gasteiger charge is -2.10. The maximum absolute atomic E-state index is 13.3. The number of sulfone groups is 1. The molecule has 0 saturated carbocycles. The first kappa shape index (κ1) is 18.4. The van der Waals surface area contributed by atoms with Crippen molar-refractivity contribution < 1.29 is 17.3 Å². The summed E-state index contributed by atoms with van der Waals surface area (Å²) < 4.78 is 38.8. The van der Waals surface area contributed by atoms with Gasteiger partial charge in [0.05, 0.1) is 20.9 Å². The Hall–Kier alpha value is -4.23. The third-order valence-electron chi connectivity index (χ3n) is 5.93. The van der Waals surface area contributed by atoms with Gasteiger partial charge < -0.3 is 8.83 Å². The molecule has 0 radical (unpaired) electrons. The van der Waals surface area contributed by atoms with Crippen LogP contribution in [0, 0.1) is 0 Å². The number of hydrogen-bond acceptors (Lipinski definition) is 6. The van der Waals surface area contributed by atoms with Crippen LogP contribution in [-0.4, -0.2) is 18.4 Å². The van der Waals surface area contributed by atoms with Gasteiger partial charge in [-0.1, -0.05) is 42.5 Å². The van der Waals surface area contributed by atoms with Crippen LogP contribution in [0.4, 0.5) is 0 Å². The van der Waals surface area contributed by atoms with Gasteiger partial charge in [0.25, 0.3) is 0 Å². The van der Waals surface area contributed by atoms with Crippen molar-refractivity contribution in [3.63, 3.8) is 0 Å². The van der Waals surface area contributed by atoms with Crippen molar-refractivity contribution in [2.24, 2.45) is 0 Å². The highest BCUT2D eigenvalue weighted by molar-refractivity contribution is 7.92. The molecule has 2 aromatic heterocycles. The minimum absolute atomic E-state index is 0.223. The largest absolute Gasteiger partial charge is 0.436 e. The van der Waals surface area contributed by atoms with Gasteiger partial charge in [-0.2, -0.15) is 0 Å². The maximum atomic E-state index is 13.3. The number of benzene rings is 4.